The fourth-order valence-electron chi connectivity index (χ4n) is 1.57. The summed E-state index contributed by atoms with van der Waals surface area (Å²) < 4.78 is 4.94. The Kier molecular flexibility index (Phi) is 6.60. The van der Waals surface area contributed by atoms with Crippen molar-refractivity contribution in [2.75, 3.05) is 19.7 Å². The van der Waals surface area contributed by atoms with Crippen molar-refractivity contribution in [3.05, 3.63) is 23.2 Å². The van der Waals surface area contributed by atoms with Gasteiger partial charge in [-0.15, -0.1) is 0 Å². The average Bonchev–Trinajstić information content (AvgIpc) is 2.32. The van der Waals surface area contributed by atoms with E-state index in [9.17, 15) is 4.79 Å². The summed E-state index contributed by atoms with van der Waals surface area (Å²) in [7, 11) is 0. The number of carbonyl (C=O) groups is 1. The van der Waals surface area contributed by atoms with Gasteiger partial charge >= 0.3 is 5.97 Å². The van der Waals surface area contributed by atoms with Crippen LogP contribution in [0.2, 0.25) is 5.15 Å². The summed E-state index contributed by atoms with van der Waals surface area (Å²) in [4.78, 5) is 21.6. The Morgan fingerprint density at radius 3 is 2.72 bits per heavy atom. The van der Waals surface area contributed by atoms with E-state index in [-0.39, 0.29) is 12.5 Å². The van der Waals surface area contributed by atoms with Crippen LogP contribution >= 0.6 is 11.6 Å². The van der Waals surface area contributed by atoms with Crippen LogP contribution in [0, 0.1) is 0 Å². The smallest absolute Gasteiger partial charge is 0.320 e. The van der Waals surface area contributed by atoms with E-state index < -0.39 is 0 Å². The highest BCUT2D eigenvalue weighted by molar-refractivity contribution is 6.29. The lowest BCUT2D eigenvalue weighted by Gasteiger charge is -2.19. The molecule has 0 aliphatic rings. The van der Waals surface area contributed by atoms with Crippen LogP contribution in [-0.2, 0) is 16.1 Å². The van der Waals surface area contributed by atoms with Crippen LogP contribution in [-0.4, -0.2) is 40.5 Å². The molecule has 0 aromatic carbocycles. The minimum absolute atomic E-state index is 0.215. The number of carbonyl (C=O) groups excluding carboxylic acids is 1. The molecule has 1 heterocycles. The maximum absolute atomic E-state index is 11.5. The number of hydrogen-bond donors (Lipinski definition) is 0. The van der Waals surface area contributed by atoms with E-state index in [2.05, 4.69) is 16.9 Å². The van der Waals surface area contributed by atoms with Gasteiger partial charge in [-0.05, 0) is 19.9 Å². The van der Waals surface area contributed by atoms with Gasteiger partial charge in [0.1, 0.15) is 5.15 Å². The zero-order valence-corrected chi connectivity index (χ0v) is 11.5. The zero-order valence-electron chi connectivity index (χ0n) is 10.7. The Balaban J connectivity index is 2.56. The van der Waals surface area contributed by atoms with E-state index in [0.29, 0.717) is 18.3 Å². The van der Waals surface area contributed by atoms with Crippen molar-refractivity contribution in [3.8, 4) is 0 Å². The lowest BCUT2D eigenvalue weighted by Crippen LogP contribution is -2.31. The maximum atomic E-state index is 11.5. The van der Waals surface area contributed by atoms with E-state index in [0.717, 1.165) is 18.7 Å². The summed E-state index contributed by atoms with van der Waals surface area (Å²) in [6, 6.07) is 0. The molecule has 0 aliphatic heterocycles. The molecule has 0 unspecified atom stereocenters. The molecule has 0 bridgehead atoms. The monoisotopic (exact) mass is 271 g/mol. The summed E-state index contributed by atoms with van der Waals surface area (Å²) in [5.74, 6) is -0.215. The molecule has 0 fully saturated rings. The Morgan fingerprint density at radius 2 is 2.17 bits per heavy atom. The topological polar surface area (TPSA) is 55.3 Å². The molecule has 0 saturated heterocycles. The van der Waals surface area contributed by atoms with E-state index in [1.807, 2.05) is 4.90 Å². The molecule has 0 atom stereocenters. The minimum atomic E-state index is -0.215. The van der Waals surface area contributed by atoms with Gasteiger partial charge in [0.2, 0.25) is 0 Å². The number of esters is 1. The van der Waals surface area contributed by atoms with Gasteiger partial charge in [0.05, 0.1) is 31.2 Å². The summed E-state index contributed by atoms with van der Waals surface area (Å²) in [5.41, 5.74) is 0.789. The minimum Gasteiger partial charge on any atom is -0.465 e. The second kappa shape index (κ2) is 8.00. The summed E-state index contributed by atoms with van der Waals surface area (Å²) in [5, 5.41) is 0.367. The van der Waals surface area contributed by atoms with Gasteiger partial charge in [-0.1, -0.05) is 18.5 Å². The average molecular weight is 272 g/mol. The van der Waals surface area contributed by atoms with Crippen molar-refractivity contribution in [3.63, 3.8) is 0 Å². The van der Waals surface area contributed by atoms with Crippen molar-refractivity contribution in [1.29, 1.82) is 0 Å². The van der Waals surface area contributed by atoms with Crippen molar-refractivity contribution in [2.45, 2.75) is 26.8 Å². The number of ether oxygens (including phenoxy) is 1. The highest BCUT2D eigenvalue weighted by Gasteiger charge is 2.12. The van der Waals surface area contributed by atoms with Gasteiger partial charge in [-0.3, -0.25) is 14.7 Å². The van der Waals surface area contributed by atoms with Crippen LogP contribution in [0.5, 0.6) is 0 Å². The van der Waals surface area contributed by atoms with Crippen molar-refractivity contribution in [2.24, 2.45) is 0 Å². The first-order chi connectivity index (χ1) is 8.65. The molecule has 0 amide bonds. The van der Waals surface area contributed by atoms with Gasteiger partial charge < -0.3 is 4.74 Å². The Hall–Kier alpha value is -1.20. The molecule has 5 nitrogen and oxygen atoms in total. The molecule has 100 valence electrons. The fourth-order valence-corrected chi connectivity index (χ4v) is 1.67. The molecule has 18 heavy (non-hydrogen) atoms. The number of hydrogen-bond acceptors (Lipinski definition) is 5. The van der Waals surface area contributed by atoms with Crippen LogP contribution in [0.25, 0.3) is 0 Å². The number of aromatic nitrogens is 2. The molecule has 0 spiro atoms. The molecular weight excluding hydrogens is 254 g/mol. The summed E-state index contributed by atoms with van der Waals surface area (Å²) in [6.07, 6.45) is 4.09. The second-order valence-corrected chi connectivity index (χ2v) is 4.23. The standard InChI is InChI=1S/C12H18ClN3O2/c1-3-5-16(9-12(17)18-4-2)8-10-6-15-11(13)7-14-10/h6-7H,3-5,8-9H2,1-2H3. The van der Waals surface area contributed by atoms with E-state index in [1.54, 1.807) is 13.1 Å². The first-order valence-corrected chi connectivity index (χ1v) is 6.37. The highest BCUT2D eigenvalue weighted by Crippen LogP contribution is 2.05. The first kappa shape index (κ1) is 14.9. The third-order valence-electron chi connectivity index (χ3n) is 2.26. The normalized spacial score (nSPS) is 10.7. The number of halogens is 1. The fraction of sp³-hybridized carbons (Fsp3) is 0.583. The molecule has 0 aliphatic carbocycles. The van der Waals surface area contributed by atoms with Gasteiger partial charge in [-0.25, -0.2) is 4.98 Å². The molecule has 6 heteroatoms. The van der Waals surface area contributed by atoms with Crippen molar-refractivity contribution < 1.29 is 9.53 Å². The van der Waals surface area contributed by atoms with Crippen LogP contribution < -0.4 is 0 Å². The summed E-state index contributed by atoms with van der Waals surface area (Å²) in [6.45, 7) is 5.91. The van der Waals surface area contributed by atoms with Gasteiger partial charge in [0.25, 0.3) is 0 Å². The quantitative estimate of drug-likeness (QED) is 0.709. The van der Waals surface area contributed by atoms with E-state index >= 15 is 0 Å². The summed E-state index contributed by atoms with van der Waals surface area (Å²) >= 11 is 5.67. The third-order valence-corrected chi connectivity index (χ3v) is 2.45. The molecule has 0 saturated carbocycles. The van der Waals surface area contributed by atoms with Crippen LogP contribution in [0.3, 0.4) is 0 Å². The number of nitrogens with zero attached hydrogens (tertiary/aromatic N) is 3. The molecule has 1 aromatic heterocycles. The van der Waals surface area contributed by atoms with Crippen LogP contribution in [0.4, 0.5) is 0 Å². The molecular formula is C12H18ClN3O2. The predicted molar refractivity (Wildman–Crippen MR) is 69.2 cm³/mol. The Morgan fingerprint density at radius 1 is 1.39 bits per heavy atom. The number of rotatable bonds is 7. The van der Waals surface area contributed by atoms with Gasteiger partial charge in [0.15, 0.2) is 0 Å². The predicted octanol–water partition coefficient (Wildman–Crippen LogP) is 1.91. The first-order valence-electron chi connectivity index (χ1n) is 6.00. The second-order valence-electron chi connectivity index (χ2n) is 3.85. The van der Waals surface area contributed by atoms with Crippen LogP contribution in [0.1, 0.15) is 26.0 Å². The Labute approximate surface area is 112 Å². The Bertz CT molecular complexity index is 370. The van der Waals surface area contributed by atoms with Crippen molar-refractivity contribution in [1.82, 2.24) is 14.9 Å². The van der Waals surface area contributed by atoms with Crippen LogP contribution in [0.15, 0.2) is 12.4 Å². The lowest BCUT2D eigenvalue weighted by molar-refractivity contribution is -0.144. The van der Waals surface area contributed by atoms with E-state index in [1.165, 1.54) is 6.20 Å². The van der Waals surface area contributed by atoms with E-state index in [4.69, 9.17) is 16.3 Å². The highest BCUT2D eigenvalue weighted by atomic mass is 35.5. The zero-order chi connectivity index (χ0) is 13.4. The molecule has 0 radical (unpaired) electrons. The third kappa shape index (κ3) is 5.42. The SMILES string of the molecule is CCCN(CC(=O)OCC)Cc1cnc(Cl)cn1. The largest absolute Gasteiger partial charge is 0.465 e. The van der Waals surface area contributed by atoms with Gasteiger partial charge in [0, 0.05) is 6.54 Å². The van der Waals surface area contributed by atoms with Crippen molar-refractivity contribution >= 4 is 17.6 Å². The lowest BCUT2D eigenvalue weighted by atomic mass is 10.3. The molecule has 1 aromatic rings. The molecule has 1 rings (SSSR count). The van der Waals surface area contributed by atoms with Gasteiger partial charge in [-0.2, -0.15) is 0 Å². The molecule has 0 N–H and O–H groups in total. The maximum Gasteiger partial charge on any atom is 0.320 e.